The number of fused-ring (bicyclic) bond motifs is 1. The Morgan fingerprint density at radius 3 is 2.57 bits per heavy atom. The molecule has 0 bridgehead atoms. The molecule has 4 nitrogen and oxygen atoms in total. The second-order valence-electron chi connectivity index (χ2n) is 5.00. The van der Waals surface area contributed by atoms with E-state index in [2.05, 4.69) is 11.0 Å². The highest BCUT2D eigenvalue weighted by molar-refractivity contribution is 5.79. The molecule has 1 heterocycles. The molecule has 0 N–H and O–H groups in total. The summed E-state index contributed by atoms with van der Waals surface area (Å²) in [6.07, 6.45) is 0.928. The van der Waals surface area contributed by atoms with Crippen LogP contribution in [0.25, 0.3) is 0 Å². The van der Waals surface area contributed by atoms with E-state index in [0.717, 1.165) is 36.2 Å². The number of carbonyl (C=O) groups is 1. The molecule has 0 fully saturated rings. The molecule has 0 aliphatic carbocycles. The van der Waals surface area contributed by atoms with E-state index in [1.165, 1.54) is 5.56 Å². The van der Waals surface area contributed by atoms with Gasteiger partial charge in [0.2, 0.25) is 0 Å². The number of aldehydes is 1. The van der Waals surface area contributed by atoms with Crippen molar-refractivity contribution in [2.75, 3.05) is 19.1 Å². The molecule has 1 aliphatic rings. The van der Waals surface area contributed by atoms with Gasteiger partial charge in [-0.25, -0.2) is 0 Å². The highest BCUT2D eigenvalue weighted by Crippen LogP contribution is 2.35. The van der Waals surface area contributed by atoms with Crippen LogP contribution in [0.4, 0.5) is 5.69 Å². The Hall–Kier alpha value is -2.49. The molecule has 21 heavy (non-hydrogen) atoms. The van der Waals surface area contributed by atoms with Crippen molar-refractivity contribution >= 4 is 12.0 Å². The second-order valence-corrected chi connectivity index (χ2v) is 5.00. The zero-order chi connectivity index (χ0) is 14.8. The average molecular weight is 283 g/mol. The molecule has 2 aromatic rings. The summed E-state index contributed by atoms with van der Waals surface area (Å²) in [4.78, 5) is 13.4. The topological polar surface area (TPSA) is 38.8 Å². The largest absolute Gasteiger partial charge is 0.493 e. The summed E-state index contributed by atoms with van der Waals surface area (Å²) in [5, 5.41) is 0. The first-order valence-corrected chi connectivity index (χ1v) is 6.79. The Balaban J connectivity index is 1.92. The van der Waals surface area contributed by atoms with E-state index in [0.29, 0.717) is 11.5 Å². The molecule has 0 aromatic heterocycles. The van der Waals surface area contributed by atoms with Crippen molar-refractivity contribution in [2.45, 2.75) is 13.1 Å². The number of carbonyl (C=O) groups excluding carboxylic acids is 1. The fourth-order valence-corrected chi connectivity index (χ4v) is 2.76. The lowest BCUT2D eigenvalue weighted by atomic mass is 10.1. The van der Waals surface area contributed by atoms with Crippen LogP contribution in [-0.2, 0) is 13.1 Å². The number of ether oxygens (including phenoxy) is 2. The van der Waals surface area contributed by atoms with Gasteiger partial charge in [0.25, 0.3) is 0 Å². The van der Waals surface area contributed by atoms with Crippen molar-refractivity contribution in [3.8, 4) is 11.5 Å². The third-order valence-electron chi connectivity index (χ3n) is 3.88. The van der Waals surface area contributed by atoms with E-state index in [1.807, 2.05) is 30.3 Å². The molecule has 4 heteroatoms. The minimum atomic E-state index is 0.710. The second kappa shape index (κ2) is 5.48. The van der Waals surface area contributed by atoms with E-state index in [9.17, 15) is 4.79 Å². The van der Waals surface area contributed by atoms with Crippen molar-refractivity contribution < 1.29 is 14.3 Å². The lowest BCUT2D eigenvalue weighted by Gasteiger charge is -2.19. The maximum absolute atomic E-state index is 11.1. The molecular formula is C17H17NO3. The van der Waals surface area contributed by atoms with E-state index in [-0.39, 0.29) is 0 Å². The highest BCUT2D eigenvalue weighted by atomic mass is 16.5. The zero-order valence-corrected chi connectivity index (χ0v) is 12.1. The number of rotatable bonds is 4. The first kappa shape index (κ1) is 13.5. The monoisotopic (exact) mass is 283 g/mol. The normalized spacial score (nSPS) is 13.0. The lowest BCUT2D eigenvalue weighted by molar-refractivity contribution is 0.112. The SMILES string of the molecule is COc1ccc(N2Cc3cccc(C=O)c3C2)cc1OC. The van der Waals surface area contributed by atoms with Crippen LogP contribution >= 0.6 is 0 Å². The first-order chi connectivity index (χ1) is 10.3. The predicted octanol–water partition coefficient (Wildman–Crippen LogP) is 3.04. The van der Waals surface area contributed by atoms with Gasteiger partial charge >= 0.3 is 0 Å². The van der Waals surface area contributed by atoms with Crippen LogP contribution in [0.5, 0.6) is 11.5 Å². The summed E-state index contributed by atoms with van der Waals surface area (Å²) in [5.74, 6) is 1.42. The van der Waals surface area contributed by atoms with Crippen LogP contribution in [0.1, 0.15) is 21.5 Å². The quantitative estimate of drug-likeness (QED) is 0.808. The highest BCUT2D eigenvalue weighted by Gasteiger charge is 2.22. The van der Waals surface area contributed by atoms with E-state index in [4.69, 9.17) is 9.47 Å². The average Bonchev–Trinajstić information content (AvgIpc) is 2.98. The van der Waals surface area contributed by atoms with Crippen LogP contribution in [-0.4, -0.2) is 20.5 Å². The fraction of sp³-hybridized carbons (Fsp3) is 0.235. The van der Waals surface area contributed by atoms with Gasteiger partial charge < -0.3 is 14.4 Å². The molecule has 0 saturated heterocycles. The summed E-state index contributed by atoms with van der Waals surface area (Å²) in [5.41, 5.74) is 4.15. The van der Waals surface area contributed by atoms with Crippen LogP contribution in [0, 0.1) is 0 Å². The summed E-state index contributed by atoms with van der Waals surface area (Å²) < 4.78 is 10.6. The van der Waals surface area contributed by atoms with E-state index >= 15 is 0 Å². The van der Waals surface area contributed by atoms with Gasteiger partial charge in [0.1, 0.15) is 6.29 Å². The summed E-state index contributed by atoms with van der Waals surface area (Å²) in [6.45, 7) is 1.53. The number of benzene rings is 2. The maximum Gasteiger partial charge on any atom is 0.162 e. The predicted molar refractivity (Wildman–Crippen MR) is 81.3 cm³/mol. The smallest absolute Gasteiger partial charge is 0.162 e. The van der Waals surface area contributed by atoms with Gasteiger partial charge in [0.05, 0.1) is 14.2 Å². The Bertz CT molecular complexity index is 682. The minimum Gasteiger partial charge on any atom is -0.493 e. The molecular weight excluding hydrogens is 266 g/mol. The number of hydrogen-bond acceptors (Lipinski definition) is 4. The summed E-state index contributed by atoms with van der Waals surface area (Å²) >= 11 is 0. The van der Waals surface area contributed by atoms with Gasteiger partial charge in [-0.3, -0.25) is 4.79 Å². The summed E-state index contributed by atoms with van der Waals surface area (Å²) in [7, 11) is 3.25. The molecule has 0 spiro atoms. The van der Waals surface area contributed by atoms with Crippen molar-refractivity contribution in [1.82, 2.24) is 0 Å². The van der Waals surface area contributed by atoms with Gasteiger partial charge in [0, 0.05) is 30.4 Å². The third kappa shape index (κ3) is 2.33. The fourth-order valence-electron chi connectivity index (χ4n) is 2.76. The number of hydrogen-bond donors (Lipinski definition) is 0. The summed E-state index contributed by atoms with van der Waals surface area (Å²) in [6, 6.07) is 11.7. The minimum absolute atomic E-state index is 0.710. The van der Waals surface area contributed by atoms with Crippen molar-refractivity contribution in [3.63, 3.8) is 0 Å². The van der Waals surface area contributed by atoms with Gasteiger partial charge in [-0.1, -0.05) is 18.2 Å². The van der Waals surface area contributed by atoms with Gasteiger partial charge in [0.15, 0.2) is 11.5 Å². The van der Waals surface area contributed by atoms with Crippen molar-refractivity contribution in [1.29, 1.82) is 0 Å². The molecule has 0 unspecified atom stereocenters. The van der Waals surface area contributed by atoms with Gasteiger partial charge in [-0.15, -0.1) is 0 Å². The molecule has 2 aromatic carbocycles. The zero-order valence-electron chi connectivity index (χ0n) is 12.1. The molecule has 1 aliphatic heterocycles. The van der Waals surface area contributed by atoms with Crippen LogP contribution < -0.4 is 14.4 Å². The maximum atomic E-state index is 11.1. The molecule has 0 radical (unpaired) electrons. The van der Waals surface area contributed by atoms with Crippen LogP contribution in [0.3, 0.4) is 0 Å². The first-order valence-electron chi connectivity index (χ1n) is 6.79. The number of anilines is 1. The van der Waals surface area contributed by atoms with Gasteiger partial charge in [-0.05, 0) is 23.3 Å². The standard InChI is InChI=1S/C17H17NO3/c1-20-16-7-6-14(8-17(16)21-2)18-9-12-4-3-5-13(11-19)15(12)10-18/h3-8,11H,9-10H2,1-2H3. The molecule has 0 amide bonds. The third-order valence-corrected chi connectivity index (χ3v) is 3.88. The van der Waals surface area contributed by atoms with E-state index < -0.39 is 0 Å². The van der Waals surface area contributed by atoms with Crippen molar-refractivity contribution in [3.05, 3.63) is 53.1 Å². The van der Waals surface area contributed by atoms with Crippen molar-refractivity contribution in [2.24, 2.45) is 0 Å². The Morgan fingerprint density at radius 1 is 1.05 bits per heavy atom. The molecule has 108 valence electrons. The Morgan fingerprint density at radius 2 is 1.86 bits per heavy atom. The van der Waals surface area contributed by atoms with Crippen LogP contribution in [0.15, 0.2) is 36.4 Å². The number of nitrogens with zero attached hydrogens (tertiary/aromatic N) is 1. The Kier molecular flexibility index (Phi) is 3.52. The molecule has 0 atom stereocenters. The lowest BCUT2D eigenvalue weighted by Crippen LogP contribution is -2.14. The molecule has 3 rings (SSSR count). The van der Waals surface area contributed by atoms with Gasteiger partial charge in [-0.2, -0.15) is 0 Å². The molecule has 0 saturated carbocycles. The van der Waals surface area contributed by atoms with Crippen LogP contribution in [0.2, 0.25) is 0 Å². The van der Waals surface area contributed by atoms with E-state index in [1.54, 1.807) is 14.2 Å². The number of methoxy groups -OCH3 is 2. The Labute approximate surface area is 123 Å².